The van der Waals surface area contributed by atoms with Crippen molar-refractivity contribution in [2.24, 2.45) is 0 Å². The summed E-state index contributed by atoms with van der Waals surface area (Å²) in [5.74, 6) is -0.868. The maximum absolute atomic E-state index is 13.2. The van der Waals surface area contributed by atoms with E-state index in [0.29, 0.717) is 22.6 Å². The van der Waals surface area contributed by atoms with E-state index in [4.69, 9.17) is 9.47 Å². The molecule has 3 aromatic rings. The summed E-state index contributed by atoms with van der Waals surface area (Å²) in [4.78, 5) is 31.8. The molecular formula is C25H22N2O5. The first kappa shape index (κ1) is 21.1. The molecule has 1 fully saturated rings. The molecule has 1 aliphatic rings. The van der Waals surface area contributed by atoms with E-state index in [-0.39, 0.29) is 17.9 Å². The molecule has 2 aromatic carbocycles. The number of benzene rings is 2. The Labute approximate surface area is 185 Å². The molecule has 7 nitrogen and oxygen atoms in total. The quantitative estimate of drug-likeness (QED) is 0.364. The van der Waals surface area contributed by atoms with Gasteiger partial charge in [0, 0.05) is 30.1 Å². The molecule has 0 radical (unpaired) electrons. The van der Waals surface area contributed by atoms with Crippen molar-refractivity contribution in [1.82, 2.24) is 9.88 Å². The molecule has 1 aromatic heterocycles. The van der Waals surface area contributed by atoms with E-state index in [2.05, 4.69) is 4.98 Å². The number of hydrogen-bond acceptors (Lipinski definition) is 6. The van der Waals surface area contributed by atoms with Gasteiger partial charge in [0.25, 0.3) is 11.7 Å². The molecule has 1 aliphatic heterocycles. The van der Waals surface area contributed by atoms with Gasteiger partial charge < -0.3 is 19.5 Å². The zero-order valence-corrected chi connectivity index (χ0v) is 17.7. The van der Waals surface area contributed by atoms with Crippen molar-refractivity contribution in [3.8, 4) is 11.5 Å². The monoisotopic (exact) mass is 430 g/mol. The van der Waals surface area contributed by atoms with Crippen LogP contribution in [0.25, 0.3) is 5.76 Å². The SMILES string of the molecule is COc1cccc(C2C(=C(O)c3ccccc3)C(=O)C(=O)N2Cc2cccnc2)c1OC. The number of ketones is 1. The van der Waals surface area contributed by atoms with Gasteiger partial charge >= 0.3 is 0 Å². The summed E-state index contributed by atoms with van der Waals surface area (Å²) < 4.78 is 11.0. The third-order valence-corrected chi connectivity index (χ3v) is 5.39. The maximum Gasteiger partial charge on any atom is 0.295 e. The standard InChI is InChI=1S/C25H22N2O5/c1-31-19-12-6-11-18(24(19)32-2)21-20(22(28)17-9-4-3-5-10-17)23(29)25(30)27(21)15-16-8-7-13-26-14-16/h3-14,21,28H,15H2,1-2H3. The highest BCUT2D eigenvalue weighted by atomic mass is 16.5. The highest BCUT2D eigenvalue weighted by molar-refractivity contribution is 6.46. The van der Waals surface area contributed by atoms with Gasteiger partial charge in [-0.2, -0.15) is 0 Å². The first-order chi connectivity index (χ1) is 15.6. The number of pyridine rings is 1. The highest BCUT2D eigenvalue weighted by Crippen LogP contribution is 2.45. The molecule has 1 N–H and O–H groups in total. The van der Waals surface area contributed by atoms with Gasteiger partial charge in [-0.15, -0.1) is 0 Å². The fourth-order valence-electron chi connectivity index (χ4n) is 3.93. The fourth-order valence-corrected chi connectivity index (χ4v) is 3.93. The van der Waals surface area contributed by atoms with Gasteiger partial charge in [0.1, 0.15) is 5.76 Å². The van der Waals surface area contributed by atoms with Crippen molar-refractivity contribution >= 4 is 17.4 Å². The Morgan fingerprint density at radius 3 is 2.44 bits per heavy atom. The second kappa shape index (κ2) is 8.93. The Morgan fingerprint density at radius 1 is 1.00 bits per heavy atom. The molecule has 1 atom stereocenters. The predicted octanol–water partition coefficient (Wildman–Crippen LogP) is 3.72. The van der Waals surface area contributed by atoms with E-state index in [1.54, 1.807) is 67.0 Å². The Kier molecular flexibility index (Phi) is 5.89. The van der Waals surface area contributed by atoms with Crippen molar-refractivity contribution in [2.45, 2.75) is 12.6 Å². The predicted molar refractivity (Wildman–Crippen MR) is 118 cm³/mol. The number of aromatic nitrogens is 1. The molecule has 1 amide bonds. The van der Waals surface area contributed by atoms with Crippen molar-refractivity contribution in [3.05, 3.63) is 95.3 Å². The lowest BCUT2D eigenvalue weighted by Gasteiger charge is -2.27. The van der Waals surface area contributed by atoms with E-state index >= 15 is 0 Å². The lowest BCUT2D eigenvalue weighted by atomic mass is 9.94. The molecular weight excluding hydrogens is 408 g/mol. The summed E-state index contributed by atoms with van der Waals surface area (Å²) in [5, 5.41) is 11.1. The second-order valence-corrected chi connectivity index (χ2v) is 7.24. The Bertz CT molecular complexity index is 1180. The number of likely N-dealkylation sites (tertiary alicyclic amines) is 1. The lowest BCUT2D eigenvalue weighted by molar-refractivity contribution is -0.140. The van der Waals surface area contributed by atoms with Crippen LogP contribution in [0.3, 0.4) is 0 Å². The van der Waals surface area contributed by atoms with Crippen molar-refractivity contribution in [2.75, 3.05) is 14.2 Å². The van der Waals surface area contributed by atoms with Crippen LogP contribution in [0.15, 0.2) is 78.6 Å². The molecule has 0 saturated carbocycles. The molecule has 0 spiro atoms. The van der Waals surface area contributed by atoms with Crippen LogP contribution in [0.2, 0.25) is 0 Å². The fraction of sp³-hybridized carbons (Fsp3) is 0.160. The van der Waals surface area contributed by atoms with Crippen LogP contribution < -0.4 is 9.47 Å². The normalized spacial score (nSPS) is 17.4. The average molecular weight is 430 g/mol. The number of rotatable bonds is 6. The highest BCUT2D eigenvalue weighted by Gasteiger charge is 2.47. The summed E-state index contributed by atoms with van der Waals surface area (Å²) in [6, 6.07) is 16.6. The summed E-state index contributed by atoms with van der Waals surface area (Å²) in [5.41, 5.74) is 1.73. The minimum atomic E-state index is -0.875. The molecule has 162 valence electrons. The molecule has 4 rings (SSSR count). The molecule has 1 unspecified atom stereocenters. The van der Waals surface area contributed by atoms with Gasteiger partial charge in [-0.1, -0.05) is 48.5 Å². The van der Waals surface area contributed by atoms with Gasteiger partial charge in [0.2, 0.25) is 0 Å². The van der Waals surface area contributed by atoms with Gasteiger partial charge in [-0.3, -0.25) is 14.6 Å². The number of hydrogen-bond donors (Lipinski definition) is 1. The third-order valence-electron chi connectivity index (χ3n) is 5.39. The molecule has 1 saturated heterocycles. The summed E-state index contributed by atoms with van der Waals surface area (Å²) >= 11 is 0. The van der Waals surface area contributed by atoms with Gasteiger partial charge in [0.15, 0.2) is 11.5 Å². The van der Waals surface area contributed by atoms with Gasteiger partial charge in [-0.05, 0) is 17.7 Å². The number of aliphatic hydroxyl groups is 1. The van der Waals surface area contributed by atoms with E-state index in [9.17, 15) is 14.7 Å². The number of aliphatic hydroxyl groups excluding tert-OH is 1. The number of carbonyl (C=O) groups excluding carboxylic acids is 2. The van der Waals surface area contributed by atoms with Gasteiger partial charge in [0.05, 0.1) is 25.8 Å². The van der Waals surface area contributed by atoms with Crippen LogP contribution in [0, 0.1) is 0 Å². The largest absolute Gasteiger partial charge is 0.507 e. The number of Topliss-reactive ketones (excluding diaryl/α,β-unsaturated/α-hetero) is 1. The smallest absolute Gasteiger partial charge is 0.295 e. The lowest BCUT2D eigenvalue weighted by Crippen LogP contribution is -2.29. The van der Waals surface area contributed by atoms with Crippen molar-refractivity contribution in [1.29, 1.82) is 0 Å². The zero-order chi connectivity index (χ0) is 22.7. The van der Waals surface area contributed by atoms with Gasteiger partial charge in [-0.25, -0.2) is 0 Å². The number of methoxy groups -OCH3 is 2. The van der Waals surface area contributed by atoms with E-state index in [0.717, 1.165) is 5.56 Å². The number of nitrogens with zero attached hydrogens (tertiary/aromatic N) is 2. The second-order valence-electron chi connectivity index (χ2n) is 7.24. The maximum atomic E-state index is 13.2. The molecule has 32 heavy (non-hydrogen) atoms. The molecule has 0 bridgehead atoms. The molecule has 2 heterocycles. The third kappa shape index (κ3) is 3.69. The van der Waals surface area contributed by atoms with Crippen LogP contribution in [0.5, 0.6) is 11.5 Å². The average Bonchev–Trinajstić information content (AvgIpc) is 3.09. The zero-order valence-electron chi connectivity index (χ0n) is 17.7. The molecule has 0 aliphatic carbocycles. The Hall–Kier alpha value is -4.13. The minimum Gasteiger partial charge on any atom is -0.507 e. The number of para-hydroxylation sites is 1. The van der Waals surface area contributed by atoms with Crippen LogP contribution in [-0.4, -0.2) is 40.9 Å². The topological polar surface area (TPSA) is 89.0 Å². The first-order valence-electron chi connectivity index (χ1n) is 10.0. The summed E-state index contributed by atoms with van der Waals surface area (Å²) in [6.45, 7) is 0.134. The van der Waals surface area contributed by atoms with Crippen molar-refractivity contribution < 1.29 is 24.2 Å². The minimum absolute atomic E-state index is 0.00311. The van der Waals surface area contributed by atoms with Crippen LogP contribution in [-0.2, 0) is 16.1 Å². The molecule has 7 heteroatoms. The summed E-state index contributed by atoms with van der Waals surface area (Å²) in [7, 11) is 3.00. The number of carbonyl (C=O) groups is 2. The van der Waals surface area contributed by atoms with Crippen LogP contribution in [0.4, 0.5) is 0 Å². The van der Waals surface area contributed by atoms with Crippen LogP contribution in [0.1, 0.15) is 22.7 Å². The Balaban J connectivity index is 1.94. The van der Waals surface area contributed by atoms with Crippen molar-refractivity contribution in [3.63, 3.8) is 0 Å². The summed E-state index contributed by atoms with van der Waals surface area (Å²) in [6.07, 6.45) is 3.27. The number of ether oxygens (including phenoxy) is 2. The van der Waals surface area contributed by atoms with E-state index < -0.39 is 17.7 Å². The van der Waals surface area contributed by atoms with E-state index in [1.807, 2.05) is 6.07 Å². The Morgan fingerprint density at radius 2 is 1.78 bits per heavy atom. The first-order valence-corrected chi connectivity index (χ1v) is 10.0. The van der Waals surface area contributed by atoms with Crippen LogP contribution >= 0.6 is 0 Å². The van der Waals surface area contributed by atoms with E-state index in [1.165, 1.54) is 19.1 Å². The number of amides is 1.